The number of rotatable bonds is 7. The smallest absolute Gasteiger partial charge is 0.261 e. The monoisotopic (exact) mass is 438 g/mol. The number of hydrogen-bond acceptors (Lipinski definition) is 4. The number of carbonyl (C=O) groups excluding carboxylic acids is 1. The Morgan fingerprint density at radius 2 is 1.55 bits per heavy atom. The third-order valence-corrected chi connectivity index (χ3v) is 6.54. The second kappa shape index (κ2) is 9.22. The van der Waals surface area contributed by atoms with E-state index in [1.54, 1.807) is 36.4 Å². The predicted molar refractivity (Wildman–Crippen MR) is 122 cm³/mol. The highest BCUT2D eigenvalue weighted by atomic mass is 32.2. The first kappa shape index (κ1) is 22.4. The minimum atomic E-state index is -3.74. The van der Waals surface area contributed by atoms with E-state index in [1.165, 1.54) is 30.4 Å². The molecule has 0 aliphatic heterocycles. The Morgan fingerprint density at radius 3 is 2.13 bits per heavy atom. The Hall–Kier alpha value is -3.32. The predicted octanol–water partition coefficient (Wildman–Crippen LogP) is 4.60. The van der Waals surface area contributed by atoms with Crippen molar-refractivity contribution in [3.8, 4) is 5.75 Å². The van der Waals surface area contributed by atoms with Crippen LogP contribution in [-0.4, -0.2) is 21.4 Å². The van der Waals surface area contributed by atoms with Gasteiger partial charge in [-0.25, -0.2) is 8.42 Å². The molecule has 0 saturated heterocycles. The maximum absolute atomic E-state index is 12.6. The number of hydrogen-bond donors (Lipinski definition) is 2. The molecule has 0 heterocycles. The van der Waals surface area contributed by atoms with Crippen LogP contribution in [0.15, 0.2) is 71.6 Å². The minimum absolute atomic E-state index is 0.123. The van der Waals surface area contributed by atoms with E-state index in [0.29, 0.717) is 17.0 Å². The Labute approximate surface area is 183 Å². The van der Waals surface area contributed by atoms with Crippen LogP contribution in [0.3, 0.4) is 0 Å². The molecule has 7 heteroatoms. The number of aryl methyl sites for hydroxylation is 2. The number of carbonyl (C=O) groups is 1. The zero-order chi connectivity index (χ0) is 22.6. The first-order valence-corrected chi connectivity index (χ1v) is 11.3. The van der Waals surface area contributed by atoms with Crippen LogP contribution in [0, 0.1) is 13.8 Å². The lowest BCUT2D eigenvalue weighted by atomic mass is 10.0. The molecule has 0 aromatic heterocycles. The van der Waals surface area contributed by atoms with Gasteiger partial charge in [-0.2, -0.15) is 0 Å². The van der Waals surface area contributed by atoms with Crippen molar-refractivity contribution in [1.82, 2.24) is 5.32 Å². The van der Waals surface area contributed by atoms with Crippen molar-refractivity contribution in [2.45, 2.75) is 31.7 Å². The maximum Gasteiger partial charge on any atom is 0.261 e. The summed E-state index contributed by atoms with van der Waals surface area (Å²) < 4.78 is 32.7. The van der Waals surface area contributed by atoms with Crippen molar-refractivity contribution in [3.63, 3.8) is 0 Å². The normalized spacial score (nSPS) is 12.1. The topological polar surface area (TPSA) is 84.5 Å². The van der Waals surface area contributed by atoms with Crippen LogP contribution in [0.4, 0.5) is 5.69 Å². The first-order valence-electron chi connectivity index (χ1n) is 9.84. The van der Waals surface area contributed by atoms with Crippen LogP contribution in [0.1, 0.15) is 40.0 Å². The van der Waals surface area contributed by atoms with Crippen LogP contribution < -0.4 is 14.8 Å². The number of amides is 1. The van der Waals surface area contributed by atoms with E-state index in [4.69, 9.17) is 4.74 Å². The van der Waals surface area contributed by atoms with Crippen molar-refractivity contribution in [2.24, 2.45) is 0 Å². The van der Waals surface area contributed by atoms with E-state index in [2.05, 4.69) is 16.1 Å². The highest BCUT2D eigenvalue weighted by Crippen LogP contribution is 2.21. The quantitative estimate of drug-likeness (QED) is 0.564. The van der Waals surface area contributed by atoms with E-state index in [1.807, 2.05) is 32.9 Å². The Kier molecular flexibility index (Phi) is 6.65. The molecule has 0 radical (unpaired) electrons. The number of methoxy groups -OCH3 is 1. The summed E-state index contributed by atoms with van der Waals surface area (Å²) in [6, 6.07) is 18.4. The Bertz CT molecular complexity index is 1170. The number of sulfonamides is 1. The lowest BCUT2D eigenvalue weighted by Crippen LogP contribution is -2.26. The summed E-state index contributed by atoms with van der Waals surface area (Å²) in [5.74, 6) is 0.347. The molecule has 1 amide bonds. The summed E-state index contributed by atoms with van der Waals surface area (Å²) in [5, 5.41) is 2.97. The molecule has 3 rings (SSSR count). The van der Waals surface area contributed by atoms with Crippen LogP contribution in [0.2, 0.25) is 0 Å². The van der Waals surface area contributed by atoms with E-state index < -0.39 is 10.0 Å². The van der Waals surface area contributed by atoms with Gasteiger partial charge in [0.25, 0.3) is 15.9 Å². The first-order chi connectivity index (χ1) is 14.7. The molecule has 162 valence electrons. The molecule has 0 spiro atoms. The van der Waals surface area contributed by atoms with Crippen molar-refractivity contribution >= 4 is 21.6 Å². The molecule has 0 unspecified atom stereocenters. The molecule has 0 aliphatic rings. The van der Waals surface area contributed by atoms with E-state index >= 15 is 0 Å². The highest BCUT2D eigenvalue weighted by Gasteiger charge is 2.16. The third-order valence-electron chi connectivity index (χ3n) is 5.15. The molecule has 1 atom stereocenters. The average Bonchev–Trinajstić information content (AvgIpc) is 2.75. The minimum Gasteiger partial charge on any atom is -0.497 e. The van der Waals surface area contributed by atoms with Gasteiger partial charge in [0.1, 0.15) is 5.75 Å². The van der Waals surface area contributed by atoms with E-state index in [9.17, 15) is 13.2 Å². The van der Waals surface area contributed by atoms with Crippen LogP contribution >= 0.6 is 0 Å². The summed E-state index contributed by atoms with van der Waals surface area (Å²) in [6.45, 7) is 6.02. The molecule has 3 aromatic rings. The summed E-state index contributed by atoms with van der Waals surface area (Å²) >= 11 is 0. The average molecular weight is 439 g/mol. The van der Waals surface area contributed by atoms with Gasteiger partial charge in [0.2, 0.25) is 0 Å². The second-order valence-corrected chi connectivity index (χ2v) is 9.08. The summed E-state index contributed by atoms with van der Waals surface area (Å²) in [4.78, 5) is 12.7. The Balaban J connectivity index is 1.67. The molecule has 0 aliphatic carbocycles. The van der Waals surface area contributed by atoms with E-state index in [-0.39, 0.29) is 16.8 Å². The van der Waals surface area contributed by atoms with Crippen molar-refractivity contribution in [1.29, 1.82) is 0 Å². The Morgan fingerprint density at radius 1 is 0.903 bits per heavy atom. The van der Waals surface area contributed by atoms with Crippen molar-refractivity contribution in [3.05, 3.63) is 89.0 Å². The van der Waals surface area contributed by atoms with Gasteiger partial charge < -0.3 is 10.1 Å². The number of anilines is 1. The fourth-order valence-electron chi connectivity index (χ4n) is 3.06. The van der Waals surface area contributed by atoms with Gasteiger partial charge in [0.15, 0.2) is 0 Å². The largest absolute Gasteiger partial charge is 0.497 e. The number of nitrogens with one attached hydrogen (secondary N) is 2. The fourth-order valence-corrected chi connectivity index (χ4v) is 4.11. The SMILES string of the molecule is COc1ccc(S(=O)(=O)Nc2ccc(C(=O)N[C@H](C)c3ccc(C)c(C)c3)cc2)cc1. The van der Waals surface area contributed by atoms with Crippen LogP contribution in [0.25, 0.3) is 0 Å². The van der Waals surface area contributed by atoms with Gasteiger partial charge >= 0.3 is 0 Å². The molecule has 0 bridgehead atoms. The molecular weight excluding hydrogens is 412 g/mol. The zero-order valence-corrected chi connectivity index (χ0v) is 18.8. The lowest BCUT2D eigenvalue weighted by Gasteiger charge is -2.16. The molecule has 3 aromatic carbocycles. The van der Waals surface area contributed by atoms with Gasteiger partial charge in [-0.1, -0.05) is 18.2 Å². The third kappa shape index (κ3) is 5.44. The molecular formula is C24H26N2O4S. The van der Waals surface area contributed by atoms with Crippen LogP contribution in [-0.2, 0) is 10.0 Å². The molecule has 6 nitrogen and oxygen atoms in total. The highest BCUT2D eigenvalue weighted by molar-refractivity contribution is 7.92. The lowest BCUT2D eigenvalue weighted by molar-refractivity contribution is 0.0940. The summed E-state index contributed by atoms with van der Waals surface area (Å²) in [5.41, 5.74) is 4.22. The van der Waals surface area contributed by atoms with Gasteiger partial charge in [-0.15, -0.1) is 0 Å². The maximum atomic E-state index is 12.6. The zero-order valence-electron chi connectivity index (χ0n) is 18.0. The molecule has 0 fully saturated rings. The van der Waals surface area contributed by atoms with Crippen LogP contribution in [0.5, 0.6) is 5.75 Å². The standard InChI is InChI=1S/C24H26N2O4S/c1-16-5-6-20(15-17(16)2)18(3)25-24(27)19-7-9-21(10-8-19)26-31(28,29)23-13-11-22(30-4)12-14-23/h5-15,18,26H,1-4H3,(H,25,27)/t18-/m1/s1. The van der Waals surface area contributed by atoms with E-state index in [0.717, 1.165) is 5.56 Å². The van der Waals surface area contributed by atoms with Gasteiger partial charge in [0, 0.05) is 11.3 Å². The molecule has 0 saturated carbocycles. The van der Waals surface area contributed by atoms with Gasteiger partial charge in [0.05, 0.1) is 18.0 Å². The number of ether oxygens (including phenoxy) is 1. The van der Waals surface area contributed by atoms with Gasteiger partial charge in [-0.05, 0) is 86.0 Å². The molecule has 31 heavy (non-hydrogen) atoms. The molecule has 2 N–H and O–H groups in total. The van der Waals surface area contributed by atoms with Crippen molar-refractivity contribution in [2.75, 3.05) is 11.8 Å². The second-order valence-electron chi connectivity index (χ2n) is 7.40. The summed E-state index contributed by atoms with van der Waals surface area (Å²) in [7, 11) is -2.22. The number of benzene rings is 3. The van der Waals surface area contributed by atoms with Gasteiger partial charge in [-0.3, -0.25) is 9.52 Å². The fraction of sp³-hybridized carbons (Fsp3) is 0.208. The summed E-state index contributed by atoms with van der Waals surface area (Å²) in [6.07, 6.45) is 0. The van der Waals surface area contributed by atoms with Crippen molar-refractivity contribution < 1.29 is 17.9 Å².